The number of nitrogens with zero attached hydrogens (tertiary/aromatic N) is 1. The van der Waals surface area contributed by atoms with Crippen LogP contribution in [0.4, 0.5) is 10.1 Å². The third kappa shape index (κ3) is 2.95. The van der Waals surface area contributed by atoms with Gasteiger partial charge < -0.3 is 10.6 Å². The Balaban J connectivity index is 1.85. The topological polar surface area (TPSA) is 46.3 Å². The van der Waals surface area contributed by atoms with Crippen molar-refractivity contribution in [2.24, 2.45) is 5.73 Å². The number of rotatable bonds is 2. The Labute approximate surface area is 123 Å². The highest BCUT2D eigenvalue weighted by molar-refractivity contribution is 5.96. The molecule has 3 rings (SSSR count). The molecular weight excluding hydrogens is 267 g/mol. The quantitative estimate of drug-likeness (QED) is 0.919. The molecule has 3 nitrogen and oxygen atoms in total. The summed E-state index contributed by atoms with van der Waals surface area (Å²) >= 11 is 0. The molecule has 0 aromatic heterocycles. The fourth-order valence-electron chi connectivity index (χ4n) is 2.78. The van der Waals surface area contributed by atoms with Crippen LogP contribution < -0.4 is 10.6 Å². The van der Waals surface area contributed by atoms with Gasteiger partial charge in [0.25, 0.3) is 0 Å². The molecule has 0 saturated heterocycles. The van der Waals surface area contributed by atoms with E-state index < -0.39 is 0 Å². The standard InChI is InChI=1S/C17H17FN2O/c18-14-6-3-4-12(8-14)9-17(21)20-11-15(19)10-13-5-1-2-7-16(13)20/h1-8,15H,9-11,19H2. The maximum Gasteiger partial charge on any atom is 0.231 e. The van der Waals surface area contributed by atoms with E-state index in [1.165, 1.54) is 12.1 Å². The van der Waals surface area contributed by atoms with Crippen molar-refractivity contribution < 1.29 is 9.18 Å². The predicted octanol–water partition coefficient (Wildman–Crippen LogP) is 2.28. The lowest BCUT2D eigenvalue weighted by molar-refractivity contribution is -0.118. The second-order valence-electron chi connectivity index (χ2n) is 5.40. The van der Waals surface area contributed by atoms with Gasteiger partial charge in [-0.2, -0.15) is 0 Å². The van der Waals surface area contributed by atoms with Gasteiger partial charge in [-0.15, -0.1) is 0 Å². The molecule has 4 heteroatoms. The summed E-state index contributed by atoms with van der Waals surface area (Å²) in [7, 11) is 0. The zero-order valence-electron chi connectivity index (χ0n) is 11.6. The van der Waals surface area contributed by atoms with Crippen LogP contribution in [0.2, 0.25) is 0 Å². The average Bonchev–Trinajstić information content (AvgIpc) is 2.46. The van der Waals surface area contributed by atoms with Crippen LogP contribution in [-0.4, -0.2) is 18.5 Å². The minimum atomic E-state index is -0.323. The summed E-state index contributed by atoms with van der Waals surface area (Å²) in [4.78, 5) is 14.3. The lowest BCUT2D eigenvalue weighted by Gasteiger charge is -2.33. The largest absolute Gasteiger partial charge is 0.326 e. The number of benzene rings is 2. The first kappa shape index (κ1) is 13.8. The van der Waals surface area contributed by atoms with Gasteiger partial charge in [0.15, 0.2) is 0 Å². The summed E-state index contributed by atoms with van der Waals surface area (Å²) in [6, 6.07) is 13.9. The Hall–Kier alpha value is -2.20. The van der Waals surface area contributed by atoms with Gasteiger partial charge in [0.1, 0.15) is 5.82 Å². The zero-order chi connectivity index (χ0) is 14.8. The van der Waals surface area contributed by atoms with E-state index in [0.717, 1.165) is 17.7 Å². The number of carbonyl (C=O) groups is 1. The molecule has 1 unspecified atom stereocenters. The molecule has 1 aliphatic heterocycles. The molecule has 0 spiro atoms. The molecule has 1 amide bonds. The van der Waals surface area contributed by atoms with Crippen molar-refractivity contribution in [1.29, 1.82) is 0 Å². The summed E-state index contributed by atoms with van der Waals surface area (Å²) in [5.74, 6) is -0.376. The number of anilines is 1. The van der Waals surface area contributed by atoms with Gasteiger partial charge in [-0.3, -0.25) is 4.79 Å². The maximum atomic E-state index is 13.2. The molecular formula is C17H17FN2O. The van der Waals surface area contributed by atoms with Crippen LogP contribution >= 0.6 is 0 Å². The highest BCUT2D eigenvalue weighted by Crippen LogP contribution is 2.27. The van der Waals surface area contributed by atoms with Gasteiger partial charge in [0.2, 0.25) is 5.91 Å². The van der Waals surface area contributed by atoms with E-state index in [2.05, 4.69) is 0 Å². The molecule has 1 atom stereocenters. The SMILES string of the molecule is NC1Cc2ccccc2N(C(=O)Cc2cccc(F)c2)C1. The Kier molecular flexibility index (Phi) is 3.71. The highest BCUT2D eigenvalue weighted by Gasteiger charge is 2.26. The third-order valence-corrected chi connectivity index (χ3v) is 3.73. The Morgan fingerprint density at radius 2 is 2.05 bits per heavy atom. The van der Waals surface area contributed by atoms with Crippen LogP contribution in [0.25, 0.3) is 0 Å². The first-order chi connectivity index (χ1) is 10.1. The summed E-state index contributed by atoms with van der Waals surface area (Å²) in [5, 5.41) is 0. The van der Waals surface area contributed by atoms with Crippen molar-refractivity contribution in [2.75, 3.05) is 11.4 Å². The van der Waals surface area contributed by atoms with Crippen LogP contribution in [0.5, 0.6) is 0 Å². The van der Waals surface area contributed by atoms with Gasteiger partial charge in [0, 0.05) is 18.3 Å². The highest BCUT2D eigenvalue weighted by atomic mass is 19.1. The van der Waals surface area contributed by atoms with E-state index in [-0.39, 0.29) is 24.2 Å². The van der Waals surface area contributed by atoms with Crippen LogP contribution in [-0.2, 0) is 17.6 Å². The number of nitrogens with two attached hydrogens (primary N) is 1. The van der Waals surface area contributed by atoms with Crippen LogP contribution in [0, 0.1) is 5.82 Å². The van der Waals surface area contributed by atoms with Gasteiger partial charge in [-0.05, 0) is 35.7 Å². The first-order valence-corrected chi connectivity index (χ1v) is 7.02. The second-order valence-corrected chi connectivity index (χ2v) is 5.40. The van der Waals surface area contributed by atoms with Crippen LogP contribution in [0.1, 0.15) is 11.1 Å². The Morgan fingerprint density at radius 3 is 2.86 bits per heavy atom. The van der Waals surface area contributed by atoms with Crippen molar-refractivity contribution >= 4 is 11.6 Å². The van der Waals surface area contributed by atoms with Crippen LogP contribution in [0.15, 0.2) is 48.5 Å². The van der Waals surface area contributed by atoms with Gasteiger partial charge in [-0.1, -0.05) is 30.3 Å². The second kappa shape index (κ2) is 5.66. The molecule has 0 radical (unpaired) electrons. The summed E-state index contributed by atoms with van der Waals surface area (Å²) in [6.45, 7) is 0.505. The van der Waals surface area contributed by atoms with Gasteiger partial charge >= 0.3 is 0 Å². The monoisotopic (exact) mass is 284 g/mol. The lowest BCUT2D eigenvalue weighted by Crippen LogP contribution is -2.46. The van der Waals surface area contributed by atoms with Gasteiger partial charge in [-0.25, -0.2) is 4.39 Å². The van der Waals surface area contributed by atoms with E-state index in [1.807, 2.05) is 24.3 Å². The molecule has 1 heterocycles. The molecule has 2 N–H and O–H groups in total. The van der Waals surface area contributed by atoms with E-state index in [9.17, 15) is 9.18 Å². The first-order valence-electron chi connectivity index (χ1n) is 7.02. The number of amides is 1. The molecule has 0 fully saturated rings. The Morgan fingerprint density at radius 1 is 1.24 bits per heavy atom. The minimum absolute atomic E-state index is 0.0526. The van der Waals surface area contributed by atoms with Crippen molar-refractivity contribution in [1.82, 2.24) is 0 Å². The molecule has 1 aliphatic rings. The van der Waals surface area contributed by atoms with Crippen LogP contribution in [0.3, 0.4) is 0 Å². The van der Waals surface area contributed by atoms with Gasteiger partial charge in [0.05, 0.1) is 6.42 Å². The summed E-state index contributed by atoms with van der Waals surface area (Å²) in [5.41, 5.74) is 8.72. The summed E-state index contributed by atoms with van der Waals surface area (Å²) in [6.07, 6.45) is 0.957. The summed E-state index contributed by atoms with van der Waals surface area (Å²) < 4.78 is 13.2. The molecule has 0 saturated carbocycles. The normalized spacial score (nSPS) is 17.4. The molecule has 0 aliphatic carbocycles. The van der Waals surface area contributed by atoms with Crippen molar-refractivity contribution in [3.63, 3.8) is 0 Å². The van der Waals surface area contributed by atoms with E-state index in [0.29, 0.717) is 12.1 Å². The maximum absolute atomic E-state index is 13.2. The molecule has 2 aromatic carbocycles. The van der Waals surface area contributed by atoms with Crippen molar-refractivity contribution in [2.45, 2.75) is 18.9 Å². The number of para-hydroxylation sites is 1. The van der Waals surface area contributed by atoms with E-state index >= 15 is 0 Å². The fourth-order valence-corrected chi connectivity index (χ4v) is 2.78. The number of carbonyl (C=O) groups excluding carboxylic acids is 1. The molecule has 2 aromatic rings. The van der Waals surface area contributed by atoms with E-state index in [1.54, 1.807) is 17.0 Å². The fraction of sp³-hybridized carbons (Fsp3) is 0.235. The number of fused-ring (bicyclic) bond motifs is 1. The number of hydrogen-bond donors (Lipinski definition) is 1. The smallest absolute Gasteiger partial charge is 0.231 e. The average molecular weight is 284 g/mol. The predicted molar refractivity (Wildman–Crippen MR) is 80.6 cm³/mol. The lowest BCUT2D eigenvalue weighted by atomic mass is 9.97. The zero-order valence-corrected chi connectivity index (χ0v) is 11.6. The molecule has 0 bridgehead atoms. The minimum Gasteiger partial charge on any atom is -0.326 e. The number of hydrogen-bond acceptors (Lipinski definition) is 2. The third-order valence-electron chi connectivity index (χ3n) is 3.73. The Bertz CT molecular complexity index is 671. The number of halogens is 1. The molecule has 21 heavy (non-hydrogen) atoms. The molecule has 108 valence electrons. The van der Waals surface area contributed by atoms with E-state index in [4.69, 9.17) is 5.73 Å². The van der Waals surface area contributed by atoms with Crippen molar-refractivity contribution in [3.05, 3.63) is 65.5 Å². The van der Waals surface area contributed by atoms with Crippen molar-refractivity contribution in [3.8, 4) is 0 Å².